The van der Waals surface area contributed by atoms with Gasteiger partial charge in [-0.1, -0.05) is 17.7 Å². The number of halogens is 1. The third-order valence-corrected chi connectivity index (χ3v) is 7.10. The van der Waals surface area contributed by atoms with Crippen LogP contribution in [0.4, 0.5) is 0 Å². The van der Waals surface area contributed by atoms with E-state index in [9.17, 15) is 13.2 Å². The van der Waals surface area contributed by atoms with Crippen LogP contribution in [0.15, 0.2) is 23.1 Å². The lowest BCUT2D eigenvalue weighted by Gasteiger charge is -2.36. The van der Waals surface area contributed by atoms with Gasteiger partial charge in [0.2, 0.25) is 15.9 Å². The van der Waals surface area contributed by atoms with Gasteiger partial charge in [-0.15, -0.1) is 0 Å². The second-order valence-corrected chi connectivity index (χ2v) is 8.93. The van der Waals surface area contributed by atoms with Crippen molar-refractivity contribution in [2.24, 2.45) is 0 Å². The van der Waals surface area contributed by atoms with Crippen LogP contribution in [0.2, 0.25) is 5.02 Å². The van der Waals surface area contributed by atoms with E-state index in [1.54, 1.807) is 24.0 Å². The smallest absolute Gasteiger partial charge is 0.243 e. The Morgan fingerprint density at radius 2 is 1.77 bits per heavy atom. The number of nitrogens with zero attached hydrogens (tertiary/aromatic N) is 3. The topological polar surface area (TPSA) is 70.2 Å². The lowest BCUT2D eigenvalue weighted by molar-refractivity contribution is -0.134. The molecule has 2 aliphatic heterocycles. The van der Waals surface area contributed by atoms with Crippen molar-refractivity contribution < 1.29 is 17.9 Å². The number of piperazine rings is 1. The Morgan fingerprint density at radius 1 is 1.12 bits per heavy atom. The predicted molar refractivity (Wildman–Crippen MR) is 98.8 cm³/mol. The van der Waals surface area contributed by atoms with Crippen LogP contribution in [-0.4, -0.2) is 87.5 Å². The van der Waals surface area contributed by atoms with Gasteiger partial charge in [0, 0.05) is 44.3 Å². The lowest BCUT2D eigenvalue weighted by Crippen LogP contribution is -2.53. The van der Waals surface area contributed by atoms with Crippen LogP contribution in [0.3, 0.4) is 0 Å². The van der Waals surface area contributed by atoms with Crippen LogP contribution in [0.1, 0.15) is 5.56 Å². The van der Waals surface area contributed by atoms with Crippen molar-refractivity contribution in [1.82, 2.24) is 14.1 Å². The monoisotopic (exact) mass is 401 g/mol. The highest BCUT2D eigenvalue weighted by Crippen LogP contribution is 2.24. The number of carbonyl (C=O) groups is 1. The van der Waals surface area contributed by atoms with E-state index in [4.69, 9.17) is 16.3 Å². The van der Waals surface area contributed by atoms with Crippen molar-refractivity contribution in [3.63, 3.8) is 0 Å². The number of hydrogen-bond donors (Lipinski definition) is 0. The van der Waals surface area contributed by atoms with Gasteiger partial charge < -0.3 is 9.64 Å². The van der Waals surface area contributed by atoms with Gasteiger partial charge in [-0.25, -0.2) is 8.42 Å². The number of rotatable bonds is 4. The molecule has 0 atom stereocenters. The van der Waals surface area contributed by atoms with Gasteiger partial charge in [-0.2, -0.15) is 4.31 Å². The highest BCUT2D eigenvalue weighted by molar-refractivity contribution is 7.89. The summed E-state index contributed by atoms with van der Waals surface area (Å²) in [6, 6.07) is 4.87. The Labute approximate surface area is 159 Å². The molecular weight excluding hydrogens is 378 g/mol. The van der Waals surface area contributed by atoms with Gasteiger partial charge in [0.05, 0.1) is 24.7 Å². The van der Waals surface area contributed by atoms with Gasteiger partial charge in [0.1, 0.15) is 0 Å². The SMILES string of the molecule is Cc1ccc(Cl)cc1S(=O)(=O)N1CCN(C(=O)CN2CCOCC2)CC1. The molecule has 2 heterocycles. The van der Waals surface area contributed by atoms with Crippen LogP contribution in [0.5, 0.6) is 0 Å². The van der Waals surface area contributed by atoms with Crippen LogP contribution in [0.25, 0.3) is 0 Å². The van der Waals surface area contributed by atoms with Crippen molar-refractivity contribution in [2.75, 3.05) is 59.0 Å². The Morgan fingerprint density at radius 3 is 2.42 bits per heavy atom. The van der Waals surface area contributed by atoms with Crippen LogP contribution >= 0.6 is 11.6 Å². The molecule has 0 aromatic heterocycles. The van der Waals surface area contributed by atoms with E-state index in [-0.39, 0.29) is 10.8 Å². The summed E-state index contributed by atoms with van der Waals surface area (Å²) in [4.78, 5) is 16.5. The van der Waals surface area contributed by atoms with E-state index in [2.05, 4.69) is 4.90 Å². The molecule has 7 nitrogen and oxygen atoms in total. The largest absolute Gasteiger partial charge is 0.379 e. The highest BCUT2D eigenvalue weighted by atomic mass is 35.5. The van der Waals surface area contributed by atoms with Crippen molar-refractivity contribution in [1.29, 1.82) is 0 Å². The molecule has 144 valence electrons. The minimum Gasteiger partial charge on any atom is -0.379 e. The maximum Gasteiger partial charge on any atom is 0.243 e. The summed E-state index contributed by atoms with van der Waals surface area (Å²) >= 11 is 5.97. The summed E-state index contributed by atoms with van der Waals surface area (Å²) in [5, 5.41) is 0.397. The average Bonchev–Trinajstić information content (AvgIpc) is 2.64. The molecule has 9 heteroatoms. The van der Waals surface area contributed by atoms with Crippen molar-refractivity contribution in [3.8, 4) is 0 Å². The standard InChI is InChI=1S/C17H24ClN3O4S/c1-14-2-3-15(18)12-16(14)26(23,24)21-6-4-20(5-7-21)17(22)13-19-8-10-25-11-9-19/h2-3,12H,4-11,13H2,1H3. The molecule has 2 aliphatic rings. The summed E-state index contributed by atoms with van der Waals surface area (Å²) < 4.78 is 32.5. The zero-order valence-corrected chi connectivity index (χ0v) is 16.4. The number of sulfonamides is 1. The Bertz CT molecular complexity index is 757. The van der Waals surface area contributed by atoms with E-state index < -0.39 is 10.0 Å². The van der Waals surface area contributed by atoms with Crippen molar-refractivity contribution in [2.45, 2.75) is 11.8 Å². The van der Waals surface area contributed by atoms with Crippen LogP contribution in [0, 0.1) is 6.92 Å². The molecule has 2 fully saturated rings. The molecule has 0 unspecified atom stereocenters. The van der Waals surface area contributed by atoms with E-state index in [0.717, 1.165) is 13.1 Å². The molecule has 1 aromatic rings. The van der Waals surface area contributed by atoms with Gasteiger partial charge in [-0.05, 0) is 24.6 Å². The fourth-order valence-corrected chi connectivity index (χ4v) is 5.13. The lowest BCUT2D eigenvalue weighted by atomic mass is 10.2. The van der Waals surface area contributed by atoms with Gasteiger partial charge in [-0.3, -0.25) is 9.69 Å². The van der Waals surface area contributed by atoms with Gasteiger partial charge >= 0.3 is 0 Å². The quantitative estimate of drug-likeness (QED) is 0.746. The first kappa shape index (κ1) is 19.6. The number of benzene rings is 1. The molecule has 1 amide bonds. The summed E-state index contributed by atoms with van der Waals surface area (Å²) in [6.07, 6.45) is 0. The van der Waals surface area contributed by atoms with Crippen molar-refractivity contribution in [3.05, 3.63) is 28.8 Å². The molecule has 0 aliphatic carbocycles. The Hall–Kier alpha value is -1.19. The zero-order chi connectivity index (χ0) is 18.7. The van der Waals surface area contributed by atoms with Crippen LogP contribution in [-0.2, 0) is 19.6 Å². The average molecular weight is 402 g/mol. The fraction of sp³-hybridized carbons (Fsp3) is 0.588. The predicted octanol–water partition coefficient (Wildman–Crippen LogP) is 0.814. The highest BCUT2D eigenvalue weighted by Gasteiger charge is 2.31. The Kier molecular flexibility index (Phi) is 6.19. The summed E-state index contributed by atoms with van der Waals surface area (Å²) in [7, 11) is -3.61. The molecule has 3 rings (SSSR count). The molecule has 0 bridgehead atoms. The zero-order valence-electron chi connectivity index (χ0n) is 14.9. The maximum atomic E-state index is 12.9. The minimum absolute atomic E-state index is 0.0443. The molecule has 0 spiro atoms. The number of aryl methyl sites for hydroxylation is 1. The first-order chi connectivity index (χ1) is 12.4. The first-order valence-electron chi connectivity index (χ1n) is 8.72. The minimum atomic E-state index is -3.61. The molecule has 0 saturated carbocycles. The summed E-state index contributed by atoms with van der Waals surface area (Å²) in [5.74, 6) is 0.0443. The second kappa shape index (κ2) is 8.22. The maximum absolute atomic E-state index is 12.9. The number of amides is 1. The van der Waals surface area contributed by atoms with E-state index >= 15 is 0 Å². The number of carbonyl (C=O) groups excluding carboxylic acids is 1. The number of morpholine rings is 1. The fourth-order valence-electron chi connectivity index (χ4n) is 3.22. The molecule has 2 saturated heterocycles. The molecule has 1 aromatic carbocycles. The first-order valence-corrected chi connectivity index (χ1v) is 10.5. The van der Waals surface area contributed by atoms with Crippen LogP contribution < -0.4 is 0 Å². The van der Waals surface area contributed by atoms with E-state index in [1.165, 1.54) is 10.4 Å². The Balaban J connectivity index is 1.60. The normalized spacial score (nSPS) is 20.3. The molecular formula is C17H24ClN3O4S. The van der Waals surface area contributed by atoms with E-state index in [0.29, 0.717) is 56.5 Å². The molecule has 0 radical (unpaired) electrons. The third kappa shape index (κ3) is 4.37. The summed E-state index contributed by atoms with van der Waals surface area (Å²) in [6.45, 7) is 6.34. The summed E-state index contributed by atoms with van der Waals surface area (Å²) in [5.41, 5.74) is 0.667. The second-order valence-electron chi connectivity index (χ2n) is 6.58. The van der Waals surface area contributed by atoms with Crippen molar-refractivity contribution >= 4 is 27.5 Å². The van der Waals surface area contributed by atoms with Gasteiger partial charge in [0.15, 0.2) is 0 Å². The third-order valence-electron chi connectivity index (χ3n) is 4.82. The van der Waals surface area contributed by atoms with Gasteiger partial charge in [0.25, 0.3) is 0 Å². The number of ether oxygens (including phenoxy) is 1. The molecule has 0 N–H and O–H groups in total. The molecule has 26 heavy (non-hydrogen) atoms. The van der Waals surface area contributed by atoms with E-state index in [1.807, 2.05) is 0 Å². The number of hydrogen-bond acceptors (Lipinski definition) is 5.